The van der Waals surface area contributed by atoms with Crippen molar-refractivity contribution in [3.8, 4) is 0 Å². The second-order valence-corrected chi connectivity index (χ2v) is 8.63. The molecule has 0 aliphatic rings. The van der Waals surface area contributed by atoms with Crippen molar-refractivity contribution in [3.05, 3.63) is 30.1 Å². The minimum Gasteiger partial charge on any atom is -0.444 e. The van der Waals surface area contributed by atoms with Gasteiger partial charge in [0.05, 0.1) is 6.04 Å². The molecule has 1 N–H and O–H groups in total. The Kier molecular flexibility index (Phi) is 7.73. The number of amides is 1. The fraction of sp³-hybridized carbons (Fsp3) is 0.562. The molecule has 0 aliphatic carbocycles. The largest absolute Gasteiger partial charge is 0.444 e. The number of rotatable bonds is 8. The van der Waals surface area contributed by atoms with Crippen molar-refractivity contribution in [1.82, 2.24) is 10.3 Å². The van der Waals surface area contributed by atoms with E-state index >= 15 is 0 Å². The van der Waals surface area contributed by atoms with Crippen molar-refractivity contribution in [1.29, 1.82) is 0 Å². The van der Waals surface area contributed by atoms with Gasteiger partial charge in [-0.15, -0.1) is 0 Å². The third-order valence-electron chi connectivity index (χ3n) is 3.17. The topological polar surface area (TPSA) is 104 Å². The Morgan fingerprint density at radius 1 is 1.20 bits per heavy atom. The van der Waals surface area contributed by atoms with Gasteiger partial charge in [-0.2, -0.15) is 0 Å². The van der Waals surface area contributed by atoms with Gasteiger partial charge in [0.25, 0.3) is 0 Å². The van der Waals surface area contributed by atoms with Gasteiger partial charge in [-0.1, -0.05) is 0 Å². The number of carbonyl (C=O) groups is 2. The van der Waals surface area contributed by atoms with Gasteiger partial charge in [-0.05, 0) is 44.9 Å². The van der Waals surface area contributed by atoms with Crippen LogP contribution in [0.15, 0.2) is 24.5 Å². The van der Waals surface area contributed by atoms with E-state index < -0.39 is 37.3 Å². The predicted octanol–water partition coefficient (Wildman–Crippen LogP) is 2.57. The summed E-state index contributed by atoms with van der Waals surface area (Å²) in [6.07, 6.45) is 2.18. The third kappa shape index (κ3) is 7.77. The number of carbonyl (C=O) groups excluding carboxylic acids is 2. The molecule has 0 fully saturated rings. The smallest absolute Gasteiger partial charge is 0.408 e. The van der Waals surface area contributed by atoms with Crippen LogP contribution in [0.2, 0.25) is 0 Å². The van der Waals surface area contributed by atoms with Crippen LogP contribution in [0.3, 0.4) is 0 Å². The monoisotopic (exact) mass is 372 g/mol. The van der Waals surface area contributed by atoms with Crippen molar-refractivity contribution in [2.45, 2.75) is 38.8 Å². The van der Waals surface area contributed by atoms with Gasteiger partial charge in [0.15, 0.2) is 5.78 Å². The lowest BCUT2D eigenvalue weighted by atomic mass is 10.0. The summed E-state index contributed by atoms with van der Waals surface area (Å²) in [6.45, 7) is 5.16. The maximum absolute atomic E-state index is 12.6. The lowest BCUT2D eigenvalue weighted by molar-refractivity contribution is -0.118. The quantitative estimate of drug-likeness (QED) is 0.699. The molecule has 9 heteroatoms. The normalized spacial score (nSPS) is 13.2. The molecule has 0 aromatic carbocycles. The third-order valence-corrected chi connectivity index (χ3v) is 4.99. The van der Waals surface area contributed by atoms with Gasteiger partial charge in [-0.25, -0.2) is 4.79 Å². The summed E-state index contributed by atoms with van der Waals surface area (Å²) < 4.78 is 27.0. The fourth-order valence-corrected chi connectivity index (χ4v) is 2.96. The Bertz CT molecular complexity index is 621. The van der Waals surface area contributed by atoms with E-state index in [1.54, 1.807) is 45.3 Å². The van der Waals surface area contributed by atoms with Crippen LogP contribution in [0.25, 0.3) is 0 Å². The van der Waals surface area contributed by atoms with E-state index in [0.29, 0.717) is 0 Å². The maximum Gasteiger partial charge on any atom is 0.408 e. The highest BCUT2D eigenvalue weighted by Crippen LogP contribution is 2.46. The van der Waals surface area contributed by atoms with Gasteiger partial charge >= 0.3 is 13.7 Å². The molecule has 1 rings (SSSR count). The second-order valence-electron chi connectivity index (χ2n) is 6.36. The van der Waals surface area contributed by atoms with Gasteiger partial charge in [0, 0.05) is 26.6 Å². The van der Waals surface area contributed by atoms with Crippen molar-refractivity contribution in [3.63, 3.8) is 0 Å². The average Bonchev–Trinajstić information content (AvgIpc) is 2.53. The summed E-state index contributed by atoms with van der Waals surface area (Å²) in [7, 11) is -1.12. The van der Waals surface area contributed by atoms with Gasteiger partial charge in [0.1, 0.15) is 11.8 Å². The number of aromatic nitrogens is 1. The summed E-state index contributed by atoms with van der Waals surface area (Å²) in [5.74, 6) is -0.477. The summed E-state index contributed by atoms with van der Waals surface area (Å²) in [6, 6.07) is 2.52. The number of ether oxygens (including phenoxy) is 1. The molecule has 25 heavy (non-hydrogen) atoms. The fourth-order valence-electron chi connectivity index (χ4n) is 1.95. The number of hydrogen-bond acceptors (Lipinski definition) is 7. The number of alkyl carbamates (subject to hydrolysis) is 1. The van der Waals surface area contributed by atoms with Gasteiger partial charge in [0.2, 0.25) is 0 Å². The molecule has 0 saturated carbocycles. The Balaban J connectivity index is 2.92. The number of nitrogens with one attached hydrogen (secondary N) is 1. The molecule has 1 aromatic heterocycles. The van der Waals surface area contributed by atoms with Crippen molar-refractivity contribution < 1.29 is 27.9 Å². The minimum absolute atomic E-state index is 0.202. The Labute approximate surface area is 147 Å². The molecule has 0 saturated heterocycles. The van der Waals surface area contributed by atoms with Gasteiger partial charge < -0.3 is 19.1 Å². The molecule has 0 radical (unpaired) electrons. The summed E-state index contributed by atoms with van der Waals surface area (Å²) in [5.41, 5.74) is 0.0805. The Morgan fingerprint density at radius 3 is 2.24 bits per heavy atom. The van der Waals surface area contributed by atoms with Gasteiger partial charge in [-0.3, -0.25) is 14.3 Å². The molecule has 0 spiro atoms. The highest BCUT2D eigenvalue weighted by Gasteiger charge is 2.32. The molecule has 0 aliphatic heterocycles. The van der Waals surface area contributed by atoms with E-state index in [9.17, 15) is 14.2 Å². The predicted molar refractivity (Wildman–Crippen MR) is 92.6 cm³/mol. The molecular weight excluding hydrogens is 347 g/mol. The van der Waals surface area contributed by atoms with E-state index in [0.717, 1.165) is 5.56 Å². The summed E-state index contributed by atoms with van der Waals surface area (Å²) in [4.78, 5) is 28.5. The van der Waals surface area contributed by atoms with Crippen LogP contribution >= 0.6 is 7.60 Å². The zero-order chi connectivity index (χ0) is 19.1. The number of Topliss-reactive ketones (excluding diaryl/α,β-unsaturated/α-hetero) is 1. The zero-order valence-corrected chi connectivity index (χ0v) is 16.0. The minimum atomic E-state index is -3.53. The summed E-state index contributed by atoms with van der Waals surface area (Å²) >= 11 is 0. The van der Waals surface area contributed by atoms with E-state index in [-0.39, 0.29) is 6.42 Å². The van der Waals surface area contributed by atoms with E-state index in [4.69, 9.17) is 13.8 Å². The number of nitrogens with zero attached hydrogens (tertiary/aromatic N) is 1. The number of pyridine rings is 1. The lowest BCUT2D eigenvalue weighted by Crippen LogP contribution is -2.45. The highest BCUT2D eigenvalue weighted by atomic mass is 31.2. The molecule has 1 heterocycles. The number of ketones is 1. The second kappa shape index (κ2) is 9.08. The van der Waals surface area contributed by atoms with E-state index in [1.165, 1.54) is 14.2 Å². The Morgan fingerprint density at radius 2 is 1.76 bits per heavy atom. The van der Waals surface area contributed by atoms with E-state index in [1.807, 2.05) is 0 Å². The first-order valence-electron chi connectivity index (χ1n) is 7.70. The SMILES string of the molecule is COP(=O)(CC(=O)C(Cc1ccncc1)NC(=O)OC(C)(C)C)OC. The standard InChI is InChI=1S/C16H25N2O6P/c1-16(2,3)24-15(20)18-13(10-12-6-8-17-9-7-12)14(19)11-25(21,22-4)23-5/h6-9,13H,10-11H2,1-5H3,(H,18,20). The van der Waals surface area contributed by atoms with Crippen LogP contribution in [0.1, 0.15) is 26.3 Å². The maximum atomic E-state index is 12.6. The lowest BCUT2D eigenvalue weighted by Gasteiger charge is -2.24. The molecule has 1 amide bonds. The zero-order valence-electron chi connectivity index (χ0n) is 15.1. The molecular formula is C16H25N2O6P. The van der Waals surface area contributed by atoms with E-state index in [2.05, 4.69) is 10.3 Å². The van der Waals surface area contributed by atoms with Crippen LogP contribution in [-0.2, 0) is 29.6 Å². The van der Waals surface area contributed by atoms with Crippen LogP contribution in [0.4, 0.5) is 4.79 Å². The molecule has 1 unspecified atom stereocenters. The number of hydrogen-bond donors (Lipinski definition) is 1. The molecule has 1 atom stereocenters. The Hall–Kier alpha value is -1.76. The molecule has 0 bridgehead atoms. The first kappa shape index (κ1) is 21.3. The highest BCUT2D eigenvalue weighted by molar-refractivity contribution is 7.54. The molecule has 1 aromatic rings. The van der Waals surface area contributed by atoms with Crippen molar-refractivity contribution in [2.24, 2.45) is 0 Å². The first-order chi connectivity index (χ1) is 11.6. The van der Waals surface area contributed by atoms with Crippen LogP contribution in [-0.4, -0.2) is 48.9 Å². The molecule has 8 nitrogen and oxygen atoms in total. The van der Waals surface area contributed by atoms with Crippen LogP contribution in [0.5, 0.6) is 0 Å². The van der Waals surface area contributed by atoms with Crippen molar-refractivity contribution >= 4 is 19.5 Å². The summed E-state index contributed by atoms with van der Waals surface area (Å²) in [5, 5.41) is 2.53. The average molecular weight is 372 g/mol. The van der Waals surface area contributed by atoms with Crippen LogP contribution < -0.4 is 5.32 Å². The van der Waals surface area contributed by atoms with Crippen LogP contribution in [0, 0.1) is 0 Å². The van der Waals surface area contributed by atoms with Crippen molar-refractivity contribution in [2.75, 3.05) is 20.4 Å². The first-order valence-corrected chi connectivity index (χ1v) is 9.43. The molecule has 140 valence electrons.